The molecule has 3 aromatic rings. The van der Waals surface area contributed by atoms with Crippen LogP contribution >= 0.6 is 11.6 Å². The van der Waals surface area contributed by atoms with E-state index in [1.807, 2.05) is 30.3 Å². The van der Waals surface area contributed by atoms with Crippen molar-refractivity contribution < 1.29 is 19.1 Å². The van der Waals surface area contributed by atoms with Crippen molar-refractivity contribution >= 4 is 34.4 Å². The number of hydrogen-bond acceptors (Lipinski definition) is 6. The van der Waals surface area contributed by atoms with Crippen molar-refractivity contribution in [3.63, 3.8) is 0 Å². The number of ether oxygens (including phenoxy) is 2. The van der Waals surface area contributed by atoms with Crippen molar-refractivity contribution in [3.8, 4) is 11.3 Å². The van der Waals surface area contributed by atoms with Crippen LogP contribution in [0.2, 0.25) is 5.02 Å². The van der Waals surface area contributed by atoms with Gasteiger partial charge in [0.2, 0.25) is 5.92 Å². The van der Waals surface area contributed by atoms with E-state index in [9.17, 15) is 9.59 Å². The van der Waals surface area contributed by atoms with Crippen molar-refractivity contribution in [2.45, 2.75) is 32.3 Å². The zero-order chi connectivity index (χ0) is 21.2. The Kier molecular flexibility index (Phi) is 5.84. The first-order valence-corrected chi connectivity index (χ1v) is 9.40. The molecule has 0 aliphatic rings. The number of carbonyl (C=O) groups excluding carboxylic acids is 2. The number of carbonyl (C=O) groups is 2. The zero-order valence-corrected chi connectivity index (χ0v) is 17.4. The number of esters is 2. The summed E-state index contributed by atoms with van der Waals surface area (Å²) >= 11 is 6.17. The molecule has 2 aromatic carbocycles. The Labute approximate surface area is 173 Å². The summed E-state index contributed by atoms with van der Waals surface area (Å²) in [6, 6.07) is 14.6. The van der Waals surface area contributed by atoms with Crippen molar-refractivity contribution in [2.24, 2.45) is 0 Å². The summed E-state index contributed by atoms with van der Waals surface area (Å²) in [6.07, 6.45) is 0. The Morgan fingerprint density at radius 1 is 1.00 bits per heavy atom. The van der Waals surface area contributed by atoms with E-state index in [1.165, 1.54) is 7.11 Å². The van der Waals surface area contributed by atoms with Gasteiger partial charge in [0.1, 0.15) is 5.60 Å². The third-order valence-corrected chi connectivity index (χ3v) is 4.29. The largest absolute Gasteiger partial charge is 0.468 e. The predicted octanol–water partition coefficient (Wildman–Crippen LogP) is 4.55. The average Bonchev–Trinajstić information content (AvgIpc) is 2.67. The van der Waals surface area contributed by atoms with E-state index in [0.29, 0.717) is 21.6 Å². The molecule has 0 aliphatic heterocycles. The van der Waals surface area contributed by atoms with Gasteiger partial charge in [0.25, 0.3) is 0 Å². The Morgan fingerprint density at radius 2 is 1.69 bits per heavy atom. The maximum absolute atomic E-state index is 12.8. The second-order valence-corrected chi connectivity index (χ2v) is 7.88. The van der Waals surface area contributed by atoms with Crippen molar-refractivity contribution in [1.29, 1.82) is 0 Å². The number of benzene rings is 2. The van der Waals surface area contributed by atoms with Gasteiger partial charge >= 0.3 is 11.9 Å². The first kappa shape index (κ1) is 20.7. The lowest BCUT2D eigenvalue weighted by atomic mass is 10.0. The van der Waals surface area contributed by atoms with Gasteiger partial charge < -0.3 is 9.47 Å². The molecule has 0 amide bonds. The summed E-state index contributed by atoms with van der Waals surface area (Å²) in [6.45, 7) is 5.16. The molecule has 0 spiro atoms. The van der Waals surface area contributed by atoms with E-state index in [2.05, 4.69) is 9.97 Å². The van der Waals surface area contributed by atoms with E-state index in [-0.39, 0.29) is 5.82 Å². The Morgan fingerprint density at radius 3 is 2.31 bits per heavy atom. The van der Waals surface area contributed by atoms with Gasteiger partial charge in [-0.15, -0.1) is 0 Å². The Hall–Kier alpha value is -2.99. The Balaban J connectivity index is 2.23. The van der Waals surface area contributed by atoms with Crippen LogP contribution < -0.4 is 0 Å². The summed E-state index contributed by atoms with van der Waals surface area (Å²) in [5.74, 6) is -2.94. The van der Waals surface area contributed by atoms with Gasteiger partial charge in [-0.25, -0.2) is 9.97 Å². The molecule has 3 rings (SSSR count). The van der Waals surface area contributed by atoms with Crippen LogP contribution in [0.5, 0.6) is 0 Å². The van der Waals surface area contributed by atoms with Crippen LogP contribution in [0.25, 0.3) is 22.2 Å². The van der Waals surface area contributed by atoms with E-state index in [0.717, 1.165) is 5.56 Å². The number of nitrogens with zero attached hydrogens (tertiary/aromatic N) is 2. The molecular formula is C22H21ClN2O4. The lowest BCUT2D eigenvalue weighted by Crippen LogP contribution is -2.33. The van der Waals surface area contributed by atoms with Gasteiger partial charge in [0, 0.05) is 16.0 Å². The SMILES string of the molecule is COC(=O)C(C(=O)OC(C)(C)C)c1nc(-c2ccccc2)c2cc(Cl)ccc2n1. The fourth-order valence-corrected chi connectivity index (χ4v) is 3.02. The number of rotatable bonds is 4. The number of aromatic nitrogens is 2. The van der Waals surface area contributed by atoms with Crippen molar-refractivity contribution in [3.05, 3.63) is 59.4 Å². The van der Waals surface area contributed by atoms with Gasteiger partial charge in [0.15, 0.2) is 5.82 Å². The lowest BCUT2D eigenvalue weighted by Gasteiger charge is -2.22. The maximum Gasteiger partial charge on any atom is 0.328 e. The molecule has 0 bridgehead atoms. The summed E-state index contributed by atoms with van der Waals surface area (Å²) in [7, 11) is 1.21. The summed E-state index contributed by atoms with van der Waals surface area (Å²) < 4.78 is 10.3. The van der Waals surface area contributed by atoms with Crippen molar-refractivity contribution in [1.82, 2.24) is 9.97 Å². The molecule has 1 heterocycles. The predicted molar refractivity (Wildman–Crippen MR) is 111 cm³/mol. The average molecular weight is 413 g/mol. The Bertz CT molecular complexity index is 1060. The van der Waals surface area contributed by atoms with Crippen LogP contribution in [-0.2, 0) is 19.1 Å². The van der Waals surface area contributed by atoms with Gasteiger partial charge in [0.05, 0.1) is 18.3 Å². The van der Waals surface area contributed by atoms with Crippen LogP contribution in [0.1, 0.15) is 32.5 Å². The maximum atomic E-state index is 12.8. The molecule has 1 aromatic heterocycles. The highest BCUT2D eigenvalue weighted by Crippen LogP contribution is 2.31. The molecule has 1 atom stereocenters. The normalized spacial score (nSPS) is 12.4. The minimum atomic E-state index is -1.40. The van der Waals surface area contributed by atoms with Gasteiger partial charge in [-0.1, -0.05) is 41.9 Å². The first-order chi connectivity index (χ1) is 13.7. The molecule has 6 nitrogen and oxygen atoms in total. The van der Waals surface area contributed by atoms with Crippen LogP contribution in [0, 0.1) is 0 Å². The van der Waals surface area contributed by atoms with Crippen LogP contribution in [0.4, 0.5) is 0 Å². The van der Waals surface area contributed by atoms with Crippen molar-refractivity contribution in [2.75, 3.05) is 7.11 Å². The highest BCUT2D eigenvalue weighted by atomic mass is 35.5. The number of methoxy groups -OCH3 is 1. The third kappa shape index (κ3) is 4.71. The van der Waals surface area contributed by atoms with Gasteiger partial charge in [-0.3, -0.25) is 9.59 Å². The number of hydrogen-bond donors (Lipinski definition) is 0. The van der Waals surface area contributed by atoms with Crippen LogP contribution in [0.15, 0.2) is 48.5 Å². The molecule has 29 heavy (non-hydrogen) atoms. The molecule has 0 aliphatic carbocycles. The second-order valence-electron chi connectivity index (χ2n) is 7.45. The highest BCUT2D eigenvalue weighted by molar-refractivity contribution is 6.31. The molecular weight excluding hydrogens is 392 g/mol. The third-order valence-electron chi connectivity index (χ3n) is 4.06. The zero-order valence-electron chi connectivity index (χ0n) is 16.6. The van der Waals surface area contributed by atoms with Gasteiger partial charge in [-0.05, 0) is 39.0 Å². The standard InChI is InChI=1S/C22H21ClN2O4/c1-22(2,3)29-21(27)17(20(26)28-4)19-24-16-11-10-14(23)12-15(16)18(25-19)13-8-6-5-7-9-13/h5-12,17H,1-4H3. The van der Waals surface area contributed by atoms with Gasteiger partial charge in [-0.2, -0.15) is 0 Å². The summed E-state index contributed by atoms with van der Waals surface area (Å²) in [4.78, 5) is 34.2. The highest BCUT2D eigenvalue weighted by Gasteiger charge is 2.37. The first-order valence-electron chi connectivity index (χ1n) is 9.03. The molecule has 150 valence electrons. The minimum absolute atomic E-state index is 0.0137. The van der Waals surface area contributed by atoms with Crippen LogP contribution in [0.3, 0.4) is 0 Å². The van der Waals surface area contributed by atoms with E-state index in [4.69, 9.17) is 21.1 Å². The topological polar surface area (TPSA) is 78.4 Å². The van der Waals surface area contributed by atoms with E-state index in [1.54, 1.807) is 39.0 Å². The molecule has 0 saturated carbocycles. The summed E-state index contributed by atoms with van der Waals surface area (Å²) in [5, 5.41) is 1.24. The molecule has 0 N–H and O–H groups in total. The molecule has 0 radical (unpaired) electrons. The molecule has 0 fully saturated rings. The smallest absolute Gasteiger partial charge is 0.328 e. The fraction of sp³-hybridized carbons (Fsp3) is 0.273. The monoisotopic (exact) mass is 412 g/mol. The van der Waals surface area contributed by atoms with Crippen LogP contribution in [-0.4, -0.2) is 34.6 Å². The molecule has 1 unspecified atom stereocenters. The van der Waals surface area contributed by atoms with E-state index >= 15 is 0 Å². The molecule has 7 heteroatoms. The minimum Gasteiger partial charge on any atom is -0.468 e. The lowest BCUT2D eigenvalue weighted by molar-refractivity contribution is -0.163. The second kappa shape index (κ2) is 8.17. The fourth-order valence-electron chi connectivity index (χ4n) is 2.85. The van der Waals surface area contributed by atoms with E-state index < -0.39 is 23.5 Å². The number of fused-ring (bicyclic) bond motifs is 1. The number of halogens is 1. The molecule has 0 saturated heterocycles. The summed E-state index contributed by atoms with van der Waals surface area (Å²) in [5.41, 5.74) is 1.13. The quantitative estimate of drug-likeness (QED) is 0.462.